The molecule has 344 valence electrons. The van der Waals surface area contributed by atoms with Gasteiger partial charge in [0.05, 0.1) is 22.1 Å². The molecule has 0 fully saturated rings. The monoisotopic (exact) mass is 910 g/mol. The number of fused-ring (bicyclic) bond motifs is 9. The maximum atomic E-state index is 7.41. The predicted octanol–water partition coefficient (Wildman–Crippen LogP) is 18.7. The largest absolute Gasteiger partial charge is 0.486 e. The fraction of sp³-hybridized carbons (Fsp3) is 0.182. The summed E-state index contributed by atoms with van der Waals surface area (Å²) in [5.41, 5.74) is 16.2. The maximum Gasteiger partial charge on any atom is 0.135 e. The van der Waals surface area contributed by atoms with Crippen LogP contribution in [0, 0.1) is 5.92 Å². The van der Waals surface area contributed by atoms with Gasteiger partial charge in [-0.3, -0.25) is 0 Å². The Morgan fingerprint density at radius 2 is 0.871 bits per heavy atom. The van der Waals surface area contributed by atoms with E-state index < -0.39 is 0 Å². The third-order valence-corrected chi connectivity index (χ3v) is 15.8. The summed E-state index contributed by atoms with van der Waals surface area (Å²) in [6.07, 6.45) is 1.88. The number of benzene rings is 9. The fourth-order valence-corrected chi connectivity index (χ4v) is 10.8. The van der Waals surface area contributed by atoms with Gasteiger partial charge in [-0.2, -0.15) is 0 Å². The van der Waals surface area contributed by atoms with Crippen LogP contribution in [0.5, 0.6) is 5.75 Å². The highest BCUT2D eigenvalue weighted by Gasteiger charge is 2.33. The highest BCUT2D eigenvalue weighted by molar-refractivity contribution is 6.11. The van der Waals surface area contributed by atoms with E-state index in [1.54, 1.807) is 0 Å². The molecule has 12 rings (SSSR count). The molecule has 0 saturated carbocycles. The minimum absolute atomic E-state index is 0.0594. The van der Waals surface area contributed by atoms with E-state index >= 15 is 0 Å². The van der Waals surface area contributed by atoms with Crippen LogP contribution in [0.25, 0.3) is 110 Å². The first-order valence-electron chi connectivity index (χ1n) is 25.1. The maximum absolute atomic E-state index is 7.41. The SMILES string of the molecule is CCC(C)(C)c1cc(-c2ccccc2)c(OC(C)(CC)C(C)C)c(-c2ccc3oc4ccc(-c5cc(-n6c7ccccc7c7ccccc76)cc(-n6c7ccccc7c7ccccc76)c5)cc4c3c2)c1. The van der Waals surface area contributed by atoms with Crippen LogP contribution < -0.4 is 4.74 Å². The standard InChI is InChI=1S/C66H58N2O2/c1-8-65(5,6)47-39-54(43-21-11-10-12-22-43)64(70-66(7,9-2)42(3)4)55(40-47)45-32-34-63-57(38-45)56-37-44(31-33-62(56)69-63)46-35-48(67-58-27-17-13-23-50(58)51-24-14-18-28-59(51)67)41-49(36-46)68-60-29-19-15-25-52(60)53-26-16-20-30-61(53)68/h10-42H,8-9H2,1-7H3. The number of nitrogens with zero attached hydrogens (tertiary/aromatic N) is 2. The summed E-state index contributed by atoms with van der Waals surface area (Å²) in [5.74, 6) is 1.22. The minimum Gasteiger partial charge on any atom is -0.486 e. The van der Waals surface area contributed by atoms with Crippen molar-refractivity contribution in [3.05, 3.63) is 200 Å². The van der Waals surface area contributed by atoms with Crippen LogP contribution in [-0.2, 0) is 5.41 Å². The molecule has 12 aromatic rings. The third kappa shape index (κ3) is 7.03. The molecule has 0 aliphatic rings. The molecular formula is C66H58N2O2. The second kappa shape index (κ2) is 16.7. The first-order chi connectivity index (χ1) is 34.0. The van der Waals surface area contributed by atoms with E-state index in [1.165, 1.54) is 49.2 Å². The summed E-state index contributed by atoms with van der Waals surface area (Å²) in [6, 6.07) is 71.1. The zero-order chi connectivity index (χ0) is 47.9. The smallest absolute Gasteiger partial charge is 0.135 e. The first-order valence-corrected chi connectivity index (χ1v) is 25.1. The lowest BCUT2D eigenvalue weighted by atomic mass is 9.79. The number of rotatable bonds is 11. The van der Waals surface area contributed by atoms with Crippen LogP contribution in [0.2, 0.25) is 0 Å². The Labute approximate surface area is 410 Å². The molecule has 0 radical (unpaired) electrons. The van der Waals surface area contributed by atoms with Crippen molar-refractivity contribution in [2.45, 2.75) is 72.3 Å². The van der Waals surface area contributed by atoms with Gasteiger partial charge >= 0.3 is 0 Å². The molecule has 9 aromatic carbocycles. The van der Waals surface area contributed by atoms with Crippen LogP contribution in [0.3, 0.4) is 0 Å². The van der Waals surface area contributed by atoms with Gasteiger partial charge in [0.2, 0.25) is 0 Å². The number of para-hydroxylation sites is 4. The van der Waals surface area contributed by atoms with E-state index in [9.17, 15) is 0 Å². The van der Waals surface area contributed by atoms with E-state index in [4.69, 9.17) is 9.15 Å². The van der Waals surface area contributed by atoms with Gasteiger partial charge in [-0.15, -0.1) is 0 Å². The molecule has 0 N–H and O–H groups in total. The lowest BCUT2D eigenvalue weighted by Crippen LogP contribution is -2.37. The average Bonchev–Trinajstić information content (AvgIpc) is 4.06. The first kappa shape index (κ1) is 43.5. The highest BCUT2D eigenvalue weighted by Crippen LogP contribution is 2.48. The van der Waals surface area contributed by atoms with E-state index in [0.717, 1.165) is 85.3 Å². The lowest BCUT2D eigenvalue weighted by molar-refractivity contribution is 0.0379. The lowest BCUT2D eigenvalue weighted by Gasteiger charge is -2.36. The number of aromatic nitrogens is 2. The number of furan rings is 1. The zero-order valence-corrected chi connectivity index (χ0v) is 41.2. The summed E-state index contributed by atoms with van der Waals surface area (Å²) in [6.45, 7) is 16.0. The Bertz CT molecular complexity index is 3740. The number of hydrogen-bond acceptors (Lipinski definition) is 2. The Hall–Kier alpha value is -7.82. The van der Waals surface area contributed by atoms with Crippen molar-refractivity contribution in [3.63, 3.8) is 0 Å². The van der Waals surface area contributed by atoms with Crippen molar-refractivity contribution >= 4 is 65.6 Å². The van der Waals surface area contributed by atoms with Crippen molar-refractivity contribution in [1.82, 2.24) is 9.13 Å². The van der Waals surface area contributed by atoms with Crippen molar-refractivity contribution in [3.8, 4) is 50.5 Å². The Kier molecular flexibility index (Phi) is 10.4. The Balaban J connectivity index is 1.09. The van der Waals surface area contributed by atoms with Gasteiger partial charge in [0, 0.05) is 54.8 Å². The van der Waals surface area contributed by atoms with Gasteiger partial charge in [0.15, 0.2) is 0 Å². The molecule has 0 bridgehead atoms. The molecular weight excluding hydrogens is 853 g/mol. The van der Waals surface area contributed by atoms with Gasteiger partial charge in [0.1, 0.15) is 22.5 Å². The van der Waals surface area contributed by atoms with Gasteiger partial charge in [-0.25, -0.2) is 0 Å². The number of hydrogen-bond donors (Lipinski definition) is 0. The fourth-order valence-electron chi connectivity index (χ4n) is 10.8. The van der Waals surface area contributed by atoms with E-state index in [2.05, 4.69) is 252 Å². The second-order valence-electron chi connectivity index (χ2n) is 20.4. The van der Waals surface area contributed by atoms with Crippen molar-refractivity contribution in [2.75, 3.05) is 0 Å². The van der Waals surface area contributed by atoms with E-state index in [-0.39, 0.29) is 11.0 Å². The summed E-state index contributed by atoms with van der Waals surface area (Å²) in [7, 11) is 0. The molecule has 0 aliphatic carbocycles. The van der Waals surface area contributed by atoms with Crippen molar-refractivity contribution < 1.29 is 9.15 Å². The van der Waals surface area contributed by atoms with Gasteiger partial charge in [-0.05, 0) is 138 Å². The summed E-state index contributed by atoms with van der Waals surface area (Å²) >= 11 is 0. The highest BCUT2D eigenvalue weighted by atomic mass is 16.5. The Morgan fingerprint density at radius 3 is 1.34 bits per heavy atom. The Morgan fingerprint density at radius 1 is 0.429 bits per heavy atom. The molecule has 70 heavy (non-hydrogen) atoms. The quantitative estimate of drug-likeness (QED) is 0.129. The van der Waals surface area contributed by atoms with Gasteiger partial charge in [0.25, 0.3) is 0 Å². The molecule has 0 spiro atoms. The van der Waals surface area contributed by atoms with Crippen molar-refractivity contribution in [1.29, 1.82) is 0 Å². The molecule has 3 heterocycles. The summed E-state index contributed by atoms with van der Waals surface area (Å²) in [4.78, 5) is 0. The van der Waals surface area contributed by atoms with E-state index in [1.807, 2.05) is 0 Å². The van der Waals surface area contributed by atoms with Gasteiger partial charge in [-0.1, -0.05) is 157 Å². The molecule has 0 aliphatic heterocycles. The predicted molar refractivity (Wildman–Crippen MR) is 296 cm³/mol. The molecule has 1 unspecified atom stereocenters. The molecule has 3 aromatic heterocycles. The molecule has 0 saturated heterocycles. The van der Waals surface area contributed by atoms with Crippen LogP contribution >= 0.6 is 0 Å². The normalized spacial score (nSPS) is 13.1. The summed E-state index contributed by atoms with van der Waals surface area (Å²) in [5, 5.41) is 7.10. The second-order valence-corrected chi connectivity index (χ2v) is 20.4. The molecule has 1 atom stereocenters. The van der Waals surface area contributed by atoms with Gasteiger partial charge < -0.3 is 18.3 Å². The molecule has 0 amide bonds. The van der Waals surface area contributed by atoms with Crippen LogP contribution in [-0.4, -0.2) is 14.7 Å². The molecule has 4 nitrogen and oxygen atoms in total. The summed E-state index contributed by atoms with van der Waals surface area (Å²) < 4.78 is 19.0. The average molecular weight is 911 g/mol. The topological polar surface area (TPSA) is 32.2 Å². The van der Waals surface area contributed by atoms with E-state index in [0.29, 0.717) is 5.92 Å². The zero-order valence-electron chi connectivity index (χ0n) is 41.2. The number of ether oxygens (including phenoxy) is 1. The minimum atomic E-state index is -0.382. The third-order valence-electron chi connectivity index (χ3n) is 15.8. The van der Waals surface area contributed by atoms with Crippen molar-refractivity contribution in [2.24, 2.45) is 5.92 Å². The van der Waals surface area contributed by atoms with Crippen LogP contribution in [0.1, 0.15) is 66.9 Å². The molecule has 4 heteroatoms. The van der Waals surface area contributed by atoms with Crippen LogP contribution in [0.15, 0.2) is 199 Å². The van der Waals surface area contributed by atoms with Crippen LogP contribution in [0.4, 0.5) is 0 Å².